The average Bonchev–Trinajstić information content (AvgIpc) is 3.42. The number of carbonyl (C=O) groups is 1. The molecule has 5 rings (SSSR count). The Bertz CT molecular complexity index is 985. The lowest BCUT2D eigenvalue weighted by Crippen LogP contribution is -2.53. The van der Waals surface area contributed by atoms with Gasteiger partial charge in [-0.1, -0.05) is 11.6 Å². The minimum atomic E-state index is -0.479. The SMILES string of the molecule is O=C(NC1C=NN2C=CC(N3CCC[C@@H]3c3cc(F)ccc3Cl)=NC12)N1CCC[C@H](O)C1. The van der Waals surface area contributed by atoms with Crippen LogP contribution in [0.2, 0.25) is 5.02 Å². The molecule has 4 heterocycles. The molecule has 4 aliphatic heterocycles. The summed E-state index contributed by atoms with van der Waals surface area (Å²) in [6.45, 7) is 1.75. The Balaban J connectivity index is 1.32. The van der Waals surface area contributed by atoms with Gasteiger partial charge in [0.1, 0.15) is 17.7 Å². The van der Waals surface area contributed by atoms with Crippen LogP contribution in [-0.2, 0) is 0 Å². The fourth-order valence-electron chi connectivity index (χ4n) is 4.84. The second-order valence-corrected chi connectivity index (χ2v) is 9.00. The predicted octanol–water partition coefficient (Wildman–Crippen LogP) is 2.70. The maximum absolute atomic E-state index is 13.9. The number of nitrogens with zero attached hydrogens (tertiary/aromatic N) is 5. The Morgan fingerprint density at radius 2 is 2.09 bits per heavy atom. The first-order valence-corrected chi connectivity index (χ1v) is 11.4. The van der Waals surface area contributed by atoms with Crippen molar-refractivity contribution < 1.29 is 14.3 Å². The van der Waals surface area contributed by atoms with E-state index in [0.717, 1.165) is 43.6 Å². The van der Waals surface area contributed by atoms with E-state index in [1.165, 1.54) is 12.1 Å². The number of likely N-dealkylation sites (tertiary alicyclic amines) is 2. The number of aliphatic hydroxyl groups is 1. The zero-order valence-electron chi connectivity index (χ0n) is 17.6. The van der Waals surface area contributed by atoms with Crippen molar-refractivity contribution in [3.05, 3.63) is 46.9 Å². The van der Waals surface area contributed by atoms with Gasteiger partial charge in [0.05, 0.1) is 18.4 Å². The first-order valence-electron chi connectivity index (χ1n) is 11.0. The van der Waals surface area contributed by atoms with Gasteiger partial charge >= 0.3 is 6.03 Å². The van der Waals surface area contributed by atoms with Gasteiger partial charge in [0, 0.05) is 30.9 Å². The van der Waals surface area contributed by atoms with Crippen LogP contribution >= 0.6 is 11.6 Å². The number of hydrazone groups is 1. The number of amides is 2. The zero-order valence-corrected chi connectivity index (χ0v) is 18.3. The van der Waals surface area contributed by atoms with E-state index in [-0.39, 0.29) is 23.9 Å². The number of β-amino-alcohol motifs (C(OH)–C–C–N with tert-alkyl or cyclic N) is 1. The quantitative estimate of drug-likeness (QED) is 0.710. The van der Waals surface area contributed by atoms with Gasteiger partial charge in [-0.05, 0) is 55.5 Å². The molecular weight excluding hydrogens is 435 g/mol. The number of benzene rings is 1. The third-order valence-electron chi connectivity index (χ3n) is 6.43. The minimum absolute atomic E-state index is 0.0571. The Labute approximate surface area is 191 Å². The summed E-state index contributed by atoms with van der Waals surface area (Å²) >= 11 is 6.38. The monoisotopic (exact) mass is 460 g/mol. The number of carbonyl (C=O) groups excluding carboxylic acids is 1. The number of piperidine rings is 1. The van der Waals surface area contributed by atoms with Gasteiger partial charge in [-0.2, -0.15) is 5.10 Å². The third-order valence-corrected chi connectivity index (χ3v) is 6.78. The number of aliphatic hydroxyl groups excluding tert-OH is 1. The van der Waals surface area contributed by atoms with E-state index in [2.05, 4.69) is 15.3 Å². The standard InChI is InChI=1S/C22H26ClFN6O2/c23-17-6-5-14(24)11-16(17)19-4-2-9-29(19)20-7-10-30-21(27-20)18(12-25-30)26-22(32)28-8-1-3-15(31)13-28/h5-7,10-12,15,18-19,21,31H,1-4,8-9,13H2,(H,26,32)/t15-,18?,19+,21?/m0/s1. The van der Waals surface area contributed by atoms with E-state index in [1.54, 1.807) is 22.2 Å². The zero-order chi connectivity index (χ0) is 22.2. The third kappa shape index (κ3) is 4.06. The number of aliphatic imine (C=N–C) groups is 1. The highest BCUT2D eigenvalue weighted by Gasteiger charge is 2.37. The van der Waals surface area contributed by atoms with E-state index in [0.29, 0.717) is 18.1 Å². The summed E-state index contributed by atoms with van der Waals surface area (Å²) in [6.07, 6.45) is 7.87. The molecule has 2 N–H and O–H groups in total. The summed E-state index contributed by atoms with van der Waals surface area (Å²) in [5, 5.41) is 19.5. The maximum Gasteiger partial charge on any atom is 0.318 e. The van der Waals surface area contributed by atoms with Gasteiger partial charge in [-0.15, -0.1) is 0 Å². The smallest absolute Gasteiger partial charge is 0.318 e. The number of rotatable bonds is 2. The number of halogens is 2. The van der Waals surface area contributed by atoms with Gasteiger partial charge in [0.25, 0.3) is 0 Å². The van der Waals surface area contributed by atoms with Crippen molar-refractivity contribution in [3.8, 4) is 0 Å². The number of hydrogen-bond donors (Lipinski definition) is 2. The van der Waals surface area contributed by atoms with Crippen LogP contribution < -0.4 is 5.32 Å². The Kier molecular flexibility index (Phi) is 5.77. The topological polar surface area (TPSA) is 83.8 Å². The Morgan fingerprint density at radius 1 is 1.25 bits per heavy atom. The fourth-order valence-corrected chi connectivity index (χ4v) is 5.08. The van der Waals surface area contributed by atoms with Crippen LogP contribution in [0, 0.1) is 5.82 Å². The molecule has 0 aliphatic carbocycles. The van der Waals surface area contributed by atoms with E-state index in [4.69, 9.17) is 16.6 Å². The lowest BCUT2D eigenvalue weighted by atomic mass is 10.0. The fraction of sp³-hybridized carbons (Fsp3) is 0.500. The normalized spacial score (nSPS) is 29.3. The predicted molar refractivity (Wildman–Crippen MR) is 120 cm³/mol. The van der Waals surface area contributed by atoms with Crippen LogP contribution in [0.5, 0.6) is 0 Å². The molecule has 0 spiro atoms. The molecule has 4 aliphatic rings. The molecule has 1 aromatic carbocycles. The molecule has 0 saturated carbocycles. The van der Waals surface area contributed by atoms with Crippen LogP contribution in [0.15, 0.2) is 40.6 Å². The molecule has 2 fully saturated rings. The summed E-state index contributed by atoms with van der Waals surface area (Å²) in [5.41, 5.74) is 0.763. The summed E-state index contributed by atoms with van der Waals surface area (Å²) in [7, 11) is 0. The van der Waals surface area contributed by atoms with Gasteiger partial charge in [-0.3, -0.25) is 0 Å². The average molecular weight is 461 g/mol. The molecule has 10 heteroatoms. The number of hydrogen-bond acceptors (Lipinski definition) is 6. The first-order chi connectivity index (χ1) is 15.5. The lowest BCUT2D eigenvalue weighted by Gasteiger charge is -2.34. The largest absolute Gasteiger partial charge is 0.391 e. The number of nitrogens with one attached hydrogen (secondary N) is 1. The molecular formula is C22H26ClFN6O2. The molecule has 2 unspecified atom stereocenters. The molecule has 1 aromatic rings. The van der Waals surface area contributed by atoms with Crippen molar-refractivity contribution in [2.75, 3.05) is 19.6 Å². The summed E-state index contributed by atoms with van der Waals surface area (Å²) in [5.74, 6) is 0.463. The molecule has 8 nitrogen and oxygen atoms in total. The highest BCUT2D eigenvalue weighted by atomic mass is 35.5. The molecule has 32 heavy (non-hydrogen) atoms. The number of fused-ring (bicyclic) bond motifs is 1. The van der Waals surface area contributed by atoms with Gasteiger partial charge in [0.15, 0.2) is 6.17 Å². The van der Waals surface area contributed by atoms with Crippen LogP contribution in [0.1, 0.15) is 37.3 Å². The van der Waals surface area contributed by atoms with Crippen molar-refractivity contribution in [2.24, 2.45) is 10.1 Å². The molecule has 2 amide bonds. The number of urea groups is 1. The van der Waals surface area contributed by atoms with Crippen LogP contribution in [0.4, 0.5) is 9.18 Å². The second-order valence-electron chi connectivity index (χ2n) is 8.60. The lowest BCUT2D eigenvalue weighted by molar-refractivity contribution is 0.0833. The highest BCUT2D eigenvalue weighted by molar-refractivity contribution is 6.31. The molecule has 2 saturated heterocycles. The van der Waals surface area contributed by atoms with Gasteiger partial charge in [-0.25, -0.2) is 19.2 Å². The highest BCUT2D eigenvalue weighted by Crippen LogP contribution is 2.37. The van der Waals surface area contributed by atoms with E-state index >= 15 is 0 Å². The van der Waals surface area contributed by atoms with Crippen molar-refractivity contribution in [1.29, 1.82) is 0 Å². The molecule has 0 radical (unpaired) electrons. The van der Waals surface area contributed by atoms with Crippen LogP contribution in [-0.4, -0.2) is 75.9 Å². The van der Waals surface area contributed by atoms with Crippen molar-refractivity contribution in [1.82, 2.24) is 20.1 Å². The Morgan fingerprint density at radius 3 is 2.94 bits per heavy atom. The van der Waals surface area contributed by atoms with Crippen molar-refractivity contribution in [2.45, 2.75) is 50.0 Å². The summed E-state index contributed by atoms with van der Waals surface area (Å²) in [6, 6.07) is 3.79. The summed E-state index contributed by atoms with van der Waals surface area (Å²) in [4.78, 5) is 21.4. The van der Waals surface area contributed by atoms with Gasteiger partial charge in [0.2, 0.25) is 0 Å². The minimum Gasteiger partial charge on any atom is -0.391 e. The summed E-state index contributed by atoms with van der Waals surface area (Å²) < 4.78 is 13.9. The Hall–Kier alpha value is -2.65. The number of amidine groups is 1. The maximum atomic E-state index is 13.9. The van der Waals surface area contributed by atoms with E-state index in [1.807, 2.05) is 12.3 Å². The van der Waals surface area contributed by atoms with Crippen LogP contribution in [0.3, 0.4) is 0 Å². The molecule has 170 valence electrons. The first kappa shape index (κ1) is 21.2. The van der Waals surface area contributed by atoms with Crippen molar-refractivity contribution in [3.63, 3.8) is 0 Å². The molecule has 0 aromatic heterocycles. The molecule has 4 atom stereocenters. The van der Waals surface area contributed by atoms with E-state index in [9.17, 15) is 14.3 Å². The second kappa shape index (κ2) is 8.71. The van der Waals surface area contributed by atoms with E-state index < -0.39 is 12.3 Å². The van der Waals surface area contributed by atoms with Crippen LogP contribution in [0.25, 0.3) is 0 Å². The molecule has 0 bridgehead atoms. The van der Waals surface area contributed by atoms with Gasteiger partial charge < -0.3 is 20.2 Å². The van der Waals surface area contributed by atoms with Crippen molar-refractivity contribution >= 4 is 29.7 Å².